The van der Waals surface area contributed by atoms with E-state index < -0.39 is 0 Å². The largest absolute Gasteiger partial charge is 0.377 e. The van der Waals surface area contributed by atoms with Crippen LogP contribution >= 0.6 is 0 Å². The maximum atomic E-state index is 12.1. The van der Waals surface area contributed by atoms with Crippen molar-refractivity contribution in [3.05, 3.63) is 0 Å². The van der Waals surface area contributed by atoms with Crippen LogP contribution in [-0.2, 0) is 9.53 Å². The summed E-state index contributed by atoms with van der Waals surface area (Å²) in [4.78, 5) is 13.9. The molecule has 4 heteroatoms. The fraction of sp³-hybridized carbons (Fsp3) is 0.923. The van der Waals surface area contributed by atoms with Crippen molar-refractivity contribution in [2.75, 3.05) is 20.2 Å². The fourth-order valence-corrected chi connectivity index (χ4v) is 2.30. The predicted molar refractivity (Wildman–Crippen MR) is 68.7 cm³/mol. The molecular weight excluding hydrogens is 216 g/mol. The summed E-state index contributed by atoms with van der Waals surface area (Å²) in [5.41, 5.74) is 5.91. The summed E-state index contributed by atoms with van der Waals surface area (Å²) in [6, 6.07) is 0.206. The quantitative estimate of drug-likeness (QED) is 0.792. The Balaban J connectivity index is 2.30. The Morgan fingerprint density at radius 3 is 2.76 bits per heavy atom. The van der Waals surface area contributed by atoms with E-state index in [1.54, 1.807) is 4.90 Å². The van der Waals surface area contributed by atoms with Crippen LogP contribution in [0.4, 0.5) is 0 Å². The van der Waals surface area contributed by atoms with Gasteiger partial charge >= 0.3 is 0 Å². The Bertz CT molecular complexity index is 244. The van der Waals surface area contributed by atoms with Gasteiger partial charge in [0.15, 0.2) is 0 Å². The van der Waals surface area contributed by atoms with Gasteiger partial charge in [-0.1, -0.05) is 6.42 Å². The number of ether oxygens (including phenoxy) is 1. The summed E-state index contributed by atoms with van der Waals surface area (Å²) in [6.45, 7) is 5.28. The van der Waals surface area contributed by atoms with E-state index in [9.17, 15) is 4.79 Å². The molecule has 4 nitrogen and oxygen atoms in total. The molecule has 0 aromatic carbocycles. The second kappa shape index (κ2) is 6.97. The third-order valence-corrected chi connectivity index (χ3v) is 3.32. The molecule has 1 fully saturated rings. The normalized spacial score (nSPS) is 25.0. The second-order valence-corrected chi connectivity index (χ2v) is 5.30. The van der Waals surface area contributed by atoms with Crippen LogP contribution in [0.2, 0.25) is 0 Å². The number of carbonyl (C=O) groups is 1. The highest BCUT2D eigenvalue weighted by Crippen LogP contribution is 2.24. The van der Waals surface area contributed by atoms with E-state index in [0.29, 0.717) is 13.2 Å². The van der Waals surface area contributed by atoms with Crippen molar-refractivity contribution in [2.45, 2.75) is 51.7 Å². The highest BCUT2D eigenvalue weighted by molar-refractivity contribution is 5.78. The Hall–Kier alpha value is -0.610. The number of hydrogen-bond donors (Lipinski definition) is 1. The van der Waals surface area contributed by atoms with Crippen molar-refractivity contribution in [1.29, 1.82) is 0 Å². The van der Waals surface area contributed by atoms with E-state index in [-0.39, 0.29) is 24.0 Å². The highest BCUT2D eigenvalue weighted by Gasteiger charge is 2.27. The molecule has 1 aliphatic rings. The lowest BCUT2D eigenvalue weighted by molar-refractivity contribution is -0.136. The van der Waals surface area contributed by atoms with Crippen LogP contribution in [0.5, 0.6) is 0 Å². The van der Waals surface area contributed by atoms with Gasteiger partial charge in [-0.15, -0.1) is 0 Å². The Labute approximate surface area is 104 Å². The van der Waals surface area contributed by atoms with Gasteiger partial charge in [0.1, 0.15) is 0 Å². The lowest BCUT2D eigenvalue weighted by atomic mass is 9.85. The zero-order chi connectivity index (χ0) is 12.8. The molecule has 0 aromatic rings. The first kappa shape index (κ1) is 14.5. The molecule has 1 amide bonds. The number of likely N-dealkylation sites (N-methyl/N-ethyl adjacent to an activating group) is 1. The summed E-state index contributed by atoms with van der Waals surface area (Å²) >= 11 is 0. The number of rotatable bonds is 5. The van der Waals surface area contributed by atoms with Crippen LogP contribution in [0.1, 0.15) is 39.5 Å². The highest BCUT2D eigenvalue weighted by atomic mass is 16.5. The molecule has 1 aliphatic carbocycles. The third-order valence-electron chi connectivity index (χ3n) is 3.32. The van der Waals surface area contributed by atoms with Gasteiger partial charge in [0, 0.05) is 25.6 Å². The van der Waals surface area contributed by atoms with Crippen LogP contribution in [0.25, 0.3) is 0 Å². The maximum absolute atomic E-state index is 12.1. The monoisotopic (exact) mass is 242 g/mol. The summed E-state index contributed by atoms with van der Waals surface area (Å²) in [5.74, 6) is 0.357. The van der Waals surface area contributed by atoms with Crippen LogP contribution in [0, 0.1) is 5.92 Å². The van der Waals surface area contributed by atoms with Gasteiger partial charge in [-0.05, 0) is 33.1 Å². The molecule has 17 heavy (non-hydrogen) atoms. The first-order valence-corrected chi connectivity index (χ1v) is 6.63. The van der Waals surface area contributed by atoms with E-state index in [1.807, 2.05) is 20.9 Å². The second-order valence-electron chi connectivity index (χ2n) is 5.30. The molecule has 2 atom stereocenters. The minimum absolute atomic E-state index is 0.128. The van der Waals surface area contributed by atoms with Gasteiger partial charge in [0.2, 0.25) is 5.91 Å². The van der Waals surface area contributed by atoms with Gasteiger partial charge in [-0.2, -0.15) is 0 Å². The Morgan fingerprint density at radius 1 is 1.47 bits per heavy atom. The summed E-state index contributed by atoms with van der Waals surface area (Å²) < 4.78 is 5.45. The first-order valence-electron chi connectivity index (χ1n) is 6.63. The van der Waals surface area contributed by atoms with Crippen LogP contribution in [0.15, 0.2) is 0 Å². The average Bonchev–Trinajstić information content (AvgIpc) is 2.27. The lowest BCUT2D eigenvalue weighted by Crippen LogP contribution is -2.40. The Morgan fingerprint density at radius 2 is 2.18 bits per heavy atom. The molecule has 0 bridgehead atoms. The number of carbonyl (C=O) groups excluding carboxylic acids is 1. The molecule has 0 spiro atoms. The first-order chi connectivity index (χ1) is 8.00. The molecule has 0 saturated heterocycles. The number of hydrogen-bond acceptors (Lipinski definition) is 3. The molecule has 100 valence electrons. The predicted octanol–water partition coefficient (Wildman–Crippen LogP) is 1.39. The summed E-state index contributed by atoms with van der Waals surface area (Å²) in [6.07, 6.45) is 4.19. The van der Waals surface area contributed by atoms with Crippen molar-refractivity contribution in [3.8, 4) is 0 Å². The van der Waals surface area contributed by atoms with E-state index in [1.165, 1.54) is 0 Å². The van der Waals surface area contributed by atoms with E-state index in [4.69, 9.17) is 10.5 Å². The molecular formula is C13H26N2O2. The molecule has 2 unspecified atom stereocenters. The minimum Gasteiger partial charge on any atom is -0.377 e. The van der Waals surface area contributed by atoms with Gasteiger partial charge < -0.3 is 15.4 Å². The molecule has 0 aromatic heterocycles. The zero-order valence-electron chi connectivity index (χ0n) is 11.3. The van der Waals surface area contributed by atoms with Gasteiger partial charge in [-0.25, -0.2) is 0 Å². The van der Waals surface area contributed by atoms with Crippen molar-refractivity contribution in [1.82, 2.24) is 4.90 Å². The van der Waals surface area contributed by atoms with Crippen molar-refractivity contribution in [2.24, 2.45) is 11.7 Å². The number of nitrogens with two attached hydrogens (primary N) is 1. The standard InChI is InChI=1S/C13H26N2O2/c1-10(2)17-8-7-15(3)13(16)11-5-4-6-12(14)9-11/h10-12H,4-9,14H2,1-3H3. The minimum atomic E-state index is 0.128. The van der Waals surface area contributed by atoms with Crippen LogP contribution in [-0.4, -0.2) is 43.2 Å². The number of amides is 1. The van der Waals surface area contributed by atoms with Gasteiger partial charge in [-0.3, -0.25) is 4.79 Å². The zero-order valence-corrected chi connectivity index (χ0v) is 11.3. The van der Waals surface area contributed by atoms with Gasteiger partial charge in [0.05, 0.1) is 12.7 Å². The fourth-order valence-electron chi connectivity index (χ4n) is 2.30. The summed E-state index contributed by atoms with van der Waals surface area (Å²) in [7, 11) is 1.85. The molecule has 1 rings (SSSR count). The van der Waals surface area contributed by atoms with E-state index in [0.717, 1.165) is 25.7 Å². The van der Waals surface area contributed by atoms with Crippen molar-refractivity contribution in [3.63, 3.8) is 0 Å². The van der Waals surface area contributed by atoms with E-state index in [2.05, 4.69) is 0 Å². The maximum Gasteiger partial charge on any atom is 0.225 e. The van der Waals surface area contributed by atoms with Crippen molar-refractivity contribution >= 4 is 5.91 Å². The third kappa shape index (κ3) is 5.04. The SMILES string of the molecule is CC(C)OCCN(C)C(=O)C1CCCC(N)C1. The Kier molecular flexibility index (Phi) is 5.92. The molecule has 0 radical (unpaired) electrons. The van der Waals surface area contributed by atoms with Crippen molar-refractivity contribution < 1.29 is 9.53 Å². The smallest absolute Gasteiger partial charge is 0.225 e. The van der Waals surface area contributed by atoms with Crippen LogP contribution < -0.4 is 5.73 Å². The molecule has 0 heterocycles. The van der Waals surface area contributed by atoms with Crippen LogP contribution in [0.3, 0.4) is 0 Å². The lowest BCUT2D eigenvalue weighted by Gasteiger charge is -2.29. The van der Waals surface area contributed by atoms with Gasteiger partial charge in [0.25, 0.3) is 0 Å². The molecule has 2 N–H and O–H groups in total. The topological polar surface area (TPSA) is 55.6 Å². The summed E-state index contributed by atoms with van der Waals surface area (Å²) in [5, 5.41) is 0. The number of nitrogens with zero attached hydrogens (tertiary/aromatic N) is 1. The molecule has 0 aliphatic heterocycles. The van der Waals surface area contributed by atoms with E-state index >= 15 is 0 Å². The average molecular weight is 242 g/mol. The molecule has 1 saturated carbocycles.